The van der Waals surface area contributed by atoms with Crippen LogP contribution in [0.5, 0.6) is 0 Å². The molecule has 0 radical (unpaired) electrons. The topological polar surface area (TPSA) is 20.2 Å². The second-order valence-electron chi connectivity index (χ2n) is 5.86. The van der Waals surface area contributed by atoms with Crippen molar-refractivity contribution in [2.75, 3.05) is 6.61 Å². The summed E-state index contributed by atoms with van der Waals surface area (Å²) in [5.41, 5.74) is 0.344. The molecular formula is C15H32O. The molecule has 0 bridgehead atoms. The fourth-order valence-electron chi connectivity index (χ4n) is 2.17. The third kappa shape index (κ3) is 10.5. The number of aliphatic hydroxyl groups excluding tert-OH is 1. The summed E-state index contributed by atoms with van der Waals surface area (Å²) >= 11 is 0. The van der Waals surface area contributed by atoms with Gasteiger partial charge in [0.1, 0.15) is 0 Å². The Labute approximate surface area is 103 Å². The van der Waals surface area contributed by atoms with Crippen molar-refractivity contribution in [3.05, 3.63) is 0 Å². The van der Waals surface area contributed by atoms with Crippen molar-refractivity contribution >= 4 is 0 Å². The van der Waals surface area contributed by atoms with Crippen molar-refractivity contribution in [3.8, 4) is 0 Å². The van der Waals surface area contributed by atoms with Crippen LogP contribution in [0.4, 0.5) is 0 Å². The molecule has 0 unspecified atom stereocenters. The lowest BCUT2D eigenvalue weighted by Crippen LogP contribution is -2.12. The fraction of sp³-hybridized carbons (Fsp3) is 1.00. The monoisotopic (exact) mass is 228 g/mol. The molecule has 0 rings (SSSR count). The van der Waals surface area contributed by atoms with Crippen LogP contribution >= 0.6 is 0 Å². The quantitative estimate of drug-likeness (QED) is 0.497. The van der Waals surface area contributed by atoms with E-state index in [0.717, 1.165) is 6.42 Å². The molecule has 0 saturated heterocycles. The van der Waals surface area contributed by atoms with Crippen LogP contribution in [-0.2, 0) is 0 Å². The van der Waals surface area contributed by atoms with E-state index < -0.39 is 0 Å². The maximum absolute atomic E-state index is 8.93. The van der Waals surface area contributed by atoms with Gasteiger partial charge in [-0.15, -0.1) is 0 Å². The second kappa shape index (κ2) is 10.1. The summed E-state index contributed by atoms with van der Waals surface area (Å²) in [6.07, 6.45) is 13.3. The van der Waals surface area contributed by atoms with E-state index in [4.69, 9.17) is 5.11 Å². The molecule has 0 atom stereocenters. The first-order valence-corrected chi connectivity index (χ1v) is 7.23. The number of hydrogen-bond donors (Lipinski definition) is 1. The van der Waals surface area contributed by atoms with Gasteiger partial charge in [-0.1, -0.05) is 72.1 Å². The fourth-order valence-corrected chi connectivity index (χ4v) is 2.17. The highest BCUT2D eigenvalue weighted by Crippen LogP contribution is 2.27. The molecule has 1 N–H and O–H groups in total. The molecule has 0 aromatic rings. The Morgan fingerprint density at radius 2 is 1.25 bits per heavy atom. The van der Waals surface area contributed by atoms with E-state index >= 15 is 0 Å². The van der Waals surface area contributed by atoms with Crippen LogP contribution in [-0.4, -0.2) is 11.7 Å². The van der Waals surface area contributed by atoms with Gasteiger partial charge in [0.25, 0.3) is 0 Å². The van der Waals surface area contributed by atoms with Gasteiger partial charge in [0.05, 0.1) is 0 Å². The van der Waals surface area contributed by atoms with E-state index in [1.54, 1.807) is 0 Å². The Balaban J connectivity index is 3.20. The molecular weight excluding hydrogens is 196 g/mol. The van der Waals surface area contributed by atoms with Gasteiger partial charge in [0.2, 0.25) is 0 Å². The van der Waals surface area contributed by atoms with Gasteiger partial charge in [-0.05, 0) is 18.3 Å². The van der Waals surface area contributed by atoms with Crippen LogP contribution in [0.3, 0.4) is 0 Å². The third-order valence-electron chi connectivity index (χ3n) is 3.50. The average Bonchev–Trinajstić information content (AvgIpc) is 2.22. The van der Waals surface area contributed by atoms with Crippen molar-refractivity contribution in [2.45, 2.75) is 85.0 Å². The molecule has 0 amide bonds. The van der Waals surface area contributed by atoms with Crippen molar-refractivity contribution < 1.29 is 5.11 Å². The van der Waals surface area contributed by atoms with Gasteiger partial charge in [-0.2, -0.15) is 0 Å². The molecule has 0 aromatic heterocycles. The lowest BCUT2D eigenvalue weighted by molar-refractivity contribution is 0.198. The maximum atomic E-state index is 8.93. The van der Waals surface area contributed by atoms with Gasteiger partial charge in [-0.3, -0.25) is 0 Å². The number of unbranched alkanes of at least 4 members (excludes halogenated alkanes) is 7. The smallest absolute Gasteiger partial charge is 0.0436 e. The van der Waals surface area contributed by atoms with Crippen molar-refractivity contribution in [2.24, 2.45) is 5.41 Å². The highest BCUT2D eigenvalue weighted by Gasteiger charge is 2.15. The minimum absolute atomic E-state index is 0.337. The molecule has 0 aliphatic rings. The van der Waals surface area contributed by atoms with E-state index in [0.29, 0.717) is 12.0 Å². The van der Waals surface area contributed by atoms with Gasteiger partial charge in [-0.25, -0.2) is 0 Å². The molecule has 1 nitrogen and oxygen atoms in total. The Morgan fingerprint density at radius 3 is 1.75 bits per heavy atom. The summed E-state index contributed by atoms with van der Waals surface area (Å²) in [7, 11) is 0. The number of aliphatic hydroxyl groups is 1. The molecule has 16 heavy (non-hydrogen) atoms. The SMILES string of the molecule is CCCCCCCCCCC(C)(C)CCO. The van der Waals surface area contributed by atoms with Crippen LogP contribution < -0.4 is 0 Å². The van der Waals surface area contributed by atoms with Crippen LogP contribution in [0, 0.1) is 5.41 Å². The molecule has 0 saturated carbocycles. The predicted octanol–water partition coefficient (Wildman–Crippen LogP) is 4.93. The first-order valence-electron chi connectivity index (χ1n) is 7.23. The van der Waals surface area contributed by atoms with E-state index in [1.165, 1.54) is 57.8 Å². The summed E-state index contributed by atoms with van der Waals surface area (Å²) in [5.74, 6) is 0. The number of hydrogen-bond acceptors (Lipinski definition) is 1. The summed E-state index contributed by atoms with van der Waals surface area (Å²) < 4.78 is 0. The lowest BCUT2D eigenvalue weighted by atomic mass is 9.84. The van der Waals surface area contributed by atoms with Crippen LogP contribution in [0.25, 0.3) is 0 Å². The molecule has 0 spiro atoms. The van der Waals surface area contributed by atoms with Gasteiger partial charge in [0.15, 0.2) is 0 Å². The summed E-state index contributed by atoms with van der Waals surface area (Å²) in [6.45, 7) is 7.14. The predicted molar refractivity (Wildman–Crippen MR) is 72.7 cm³/mol. The molecule has 0 aliphatic carbocycles. The van der Waals surface area contributed by atoms with E-state index in [9.17, 15) is 0 Å². The molecule has 98 valence electrons. The molecule has 0 aromatic carbocycles. The van der Waals surface area contributed by atoms with Crippen molar-refractivity contribution in [1.82, 2.24) is 0 Å². The molecule has 0 fully saturated rings. The van der Waals surface area contributed by atoms with E-state index in [2.05, 4.69) is 20.8 Å². The Morgan fingerprint density at radius 1 is 0.750 bits per heavy atom. The summed E-state index contributed by atoms with van der Waals surface area (Å²) in [4.78, 5) is 0. The van der Waals surface area contributed by atoms with Crippen molar-refractivity contribution in [3.63, 3.8) is 0 Å². The Hall–Kier alpha value is -0.0400. The zero-order chi connectivity index (χ0) is 12.3. The minimum Gasteiger partial charge on any atom is -0.396 e. The highest BCUT2D eigenvalue weighted by atomic mass is 16.3. The molecule has 0 aliphatic heterocycles. The van der Waals surface area contributed by atoms with Crippen LogP contribution in [0.1, 0.15) is 85.0 Å². The van der Waals surface area contributed by atoms with Gasteiger partial charge in [0, 0.05) is 6.61 Å². The van der Waals surface area contributed by atoms with E-state index in [-0.39, 0.29) is 0 Å². The van der Waals surface area contributed by atoms with Crippen molar-refractivity contribution in [1.29, 1.82) is 0 Å². The minimum atomic E-state index is 0.337. The standard InChI is InChI=1S/C15H32O/c1-4-5-6-7-8-9-10-11-12-15(2,3)13-14-16/h16H,4-14H2,1-3H3. The summed E-state index contributed by atoms with van der Waals surface area (Å²) in [6, 6.07) is 0. The Bertz CT molecular complexity index is 140. The maximum Gasteiger partial charge on any atom is 0.0436 e. The molecule has 0 heterocycles. The normalized spacial score (nSPS) is 12.0. The number of rotatable bonds is 11. The van der Waals surface area contributed by atoms with Gasteiger partial charge < -0.3 is 5.11 Å². The van der Waals surface area contributed by atoms with E-state index in [1.807, 2.05) is 0 Å². The Kier molecular flexibility index (Phi) is 10.1. The van der Waals surface area contributed by atoms with Crippen LogP contribution in [0.2, 0.25) is 0 Å². The zero-order valence-electron chi connectivity index (χ0n) is 11.7. The highest BCUT2D eigenvalue weighted by molar-refractivity contribution is 4.67. The third-order valence-corrected chi connectivity index (χ3v) is 3.50. The van der Waals surface area contributed by atoms with Gasteiger partial charge >= 0.3 is 0 Å². The second-order valence-corrected chi connectivity index (χ2v) is 5.86. The average molecular weight is 228 g/mol. The summed E-state index contributed by atoms with van der Waals surface area (Å²) in [5, 5.41) is 8.93. The zero-order valence-corrected chi connectivity index (χ0v) is 11.7. The molecule has 1 heteroatoms. The largest absolute Gasteiger partial charge is 0.396 e. The van der Waals surface area contributed by atoms with Crippen LogP contribution in [0.15, 0.2) is 0 Å². The first-order chi connectivity index (χ1) is 7.62. The lowest BCUT2D eigenvalue weighted by Gasteiger charge is -2.23. The first kappa shape index (κ1) is 16.0.